The second-order valence-electron chi connectivity index (χ2n) is 8.78. The Morgan fingerprint density at radius 3 is 2.34 bits per heavy atom. The van der Waals surface area contributed by atoms with Gasteiger partial charge in [0.1, 0.15) is 11.9 Å². The lowest BCUT2D eigenvalue weighted by atomic mass is 9.98. The molecule has 1 unspecified atom stereocenters. The third-order valence-corrected chi connectivity index (χ3v) is 6.16. The molecule has 4 rings (SSSR count). The van der Waals surface area contributed by atoms with Crippen LogP contribution in [0.3, 0.4) is 0 Å². The summed E-state index contributed by atoms with van der Waals surface area (Å²) >= 11 is 0. The maximum Gasteiger partial charge on any atom is 0.451 e. The predicted octanol–water partition coefficient (Wildman–Crippen LogP) is 2.87. The van der Waals surface area contributed by atoms with Crippen LogP contribution in [0, 0.1) is 17.5 Å². The van der Waals surface area contributed by atoms with E-state index >= 15 is 0 Å². The van der Waals surface area contributed by atoms with Gasteiger partial charge >= 0.3 is 6.18 Å². The molecule has 1 aliphatic heterocycles. The molecule has 3 N–H and O–H groups in total. The Labute approximate surface area is 212 Å². The zero-order valence-corrected chi connectivity index (χ0v) is 19.7. The highest BCUT2D eigenvalue weighted by atomic mass is 19.4. The van der Waals surface area contributed by atoms with Crippen LogP contribution in [0.25, 0.3) is 0 Å². The highest BCUT2D eigenvalue weighted by molar-refractivity contribution is 5.82. The number of halogens is 6. The van der Waals surface area contributed by atoms with Crippen molar-refractivity contribution in [1.82, 2.24) is 25.0 Å². The van der Waals surface area contributed by atoms with Gasteiger partial charge in [0, 0.05) is 31.6 Å². The van der Waals surface area contributed by atoms with Crippen molar-refractivity contribution in [3.63, 3.8) is 0 Å². The fourth-order valence-corrected chi connectivity index (χ4v) is 4.32. The number of hydrogen-bond acceptors (Lipinski definition) is 5. The first-order valence-corrected chi connectivity index (χ1v) is 11.4. The van der Waals surface area contributed by atoms with E-state index in [1.54, 1.807) is 30.3 Å². The summed E-state index contributed by atoms with van der Waals surface area (Å²) in [4.78, 5) is 26.7. The topological polar surface area (TPSA) is 106 Å². The molecule has 2 aromatic carbocycles. The molecule has 1 aromatic heterocycles. The maximum atomic E-state index is 14.4. The van der Waals surface area contributed by atoms with Gasteiger partial charge in [-0.1, -0.05) is 30.3 Å². The average molecular weight is 540 g/mol. The van der Waals surface area contributed by atoms with Gasteiger partial charge in [-0.15, -0.1) is 10.2 Å². The third kappa shape index (κ3) is 5.96. The van der Waals surface area contributed by atoms with Gasteiger partial charge in [0.2, 0.25) is 17.6 Å². The number of rotatable bonds is 8. The molecule has 0 fully saturated rings. The minimum atomic E-state index is -4.71. The van der Waals surface area contributed by atoms with Crippen LogP contribution >= 0.6 is 0 Å². The molecule has 38 heavy (non-hydrogen) atoms. The van der Waals surface area contributed by atoms with Gasteiger partial charge in [0.25, 0.3) is 0 Å². The number of nitrogens with zero attached hydrogens (tertiary/aromatic N) is 4. The molecule has 202 valence electrons. The molecule has 1 aliphatic rings. The molecule has 0 spiro atoms. The van der Waals surface area contributed by atoms with Crippen LogP contribution < -0.4 is 11.1 Å². The van der Waals surface area contributed by atoms with Gasteiger partial charge in [-0.3, -0.25) is 14.9 Å². The van der Waals surface area contributed by atoms with Crippen molar-refractivity contribution in [3.8, 4) is 0 Å². The van der Waals surface area contributed by atoms with Crippen LogP contribution in [0.2, 0.25) is 0 Å². The number of amides is 2. The number of benzene rings is 2. The molecule has 0 aliphatic carbocycles. The first kappa shape index (κ1) is 27.1. The summed E-state index contributed by atoms with van der Waals surface area (Å²) in [6, 6.07) is 7.16. The van der Waals surface area contributed by atoms with Crippen LogP contribution in [0.4, 0.5) is 26.3 Å². The minimum absolute atomic E-state index is 0.0626. The number of alkyl halides is 3. The first-order valence-electron chi connectivity index (χ1n) is 11.4. The Balaban J connectivity index is 1.57. The number of nitrogens with two attached hydrogens (primary N) is 1. The van der Waals surface area contributed by atoms with E-state index in [9.17, 15) is 35.9 Å². The van der Waals surface area contributed by atoms with E-state index in [0.717, 1.165) is 4.57 Å². The van der Waals surface area contributed by atoms with Crippen molar-refractivity contribution in [1.29, 1.82) is 0 Å². The Morgan fingerprint density at radius 1 is 1.00 bits per heavy atom. The van der Waals surface area contributed by atoms with Crippen molar-refractivity contribution < 1.29 is 35.9 Å². The number of nitrogens with one attached hydrogen (secondary N) is 1. The molecule has 2 atom stereocenters. The van der Waals surface area contributed by atoms with Crippen LogP contribution in [-0.2, 0) is 35.3 Å². The second-order valence-corrected chi connectivity index (χ2v) is 8.78. The normalized spacial score (nSPS) is 15.2. The number of carbonyl (C=O) groups is 2. The highest BCUT2D eigenvalue weighted by Crippen LogP contribution is 2.29. The summed E-state index contributed by atoms with van der Waals surface area (Å²) in [5.41, 5.74) is 5.76. The van der Waals surface area contributed by atoms with Crippen LogP contribution in [0.15, 0.2) is 42.5 Å². The minimum Gasteiger partial charge on any atom is -0.368 e. The molecule has 14 heteroatoms. The zero-order valence-electron chi connectivity index (χ0n) is 19.7. The SMILES string of the molecule is NC(=O)[C@H](NC(CC(=O)N1CCn2c(nnc2C(F)(F)F)C1)Cc1cc(F)c(F)cc1F)c1ccccc1. The lowest BCUT2D eigenvalue weighted by molar-refractivity contribution is -0.148. The molecule has 0 saturated carbocycles. The molecule has 2 amide bonds. The lowest BCUT2D eigenvalue weighted by Crippen LogP contribution is -2.46. The van der Waals surface area contributed by atoms with Gasteiger partial charge < -0.3 is 15.2 Å². The molecule has 8 nitrogen and oxygen atoms in total. The first-order chi connectivity index (χ1) is 17.9. The number of primary amides is 1. The van der Waals surface area contributed by atoms with Crippen molar-refractivity contribution in [2.45, 2.75) is 44.2 Å². The number of carbonyl (C=O) groups excluding carboxylic acids is 2. The predicted molar refractivity (Wildman–Crippen MR) is 120 cm³/mol. The third-order valence-electron chi connectivity index (χ3n) is 6.16. The van der Waals surface area contributed by atoms with Crippen LogP contribution in [0.5, 0.6) is 0 Å². The number of aromatic nitrogens is 3. The summed E-state index contributed by atoms with van der Waals surface area (Å²) in [7, 11) is 0. The van der Waals surface area contributed by atoms with E-state index in [4.69, 9.17) is 5.73 Å². The van der Waals surface area contributed by atoms with E-state index < -0.39 is 53.4 Å². The molecule has 0 bridgehead atoms. The van der Waals surface area contributed by atoms with E-state index in [2.05, 4.69) is 15.5 Å². The van der Waals surface area contributed by atoms with Crippen molar-refractivity contribution in [3.05, 3.63) is 82.7 Å². The Hall–Kier alpha value is -3.94. The van der Waals surface area contributed by atoms with Gasteiger partial charge in [0.05, 0.1) is 6.54 Å². The average Bonchev–Trinajstić information content (AvgIpc) is 3.30. The van der Waals surface area contributed by atoms with E-state index in [1.807, 2.05) is 0 Å². The Morgan fingerprint density at radius 2 is 1.68 bits per heavy atom. The fourth-order valence-electron chi connectivity index (χ4n) is 4.32. The van der Waals surface area contributed by atoms with Crippen LogP contribution in [0.1, 0.15) is 35.2 Å². The molecule has 0 saturated heterocycles. The number of hydrogen-bond donors (Lipinski definition) is 2. The summed E-state index contributed by atoms with van der Waals surface area (Å²) < 4.78 is 82.0. The van der Waals surface area contributed by atoms with Gasteiger partial charge in [0.15, 0.2) is 17.5 Å². The standard InChI is InChI=1S/C24H22F6N6O2/c25-16-11-18(27)17(26)9-14(16)8-15(32-21(22(31)38)13-4-2-1-3-5-13)10-20(37)35-6-7-36-19(12-35)33-34-23(36)24(28,29)30/h1-5,9,11,15,21,32H,6-8,10,12H2,(H2,31,38)/t15?,21-/m1/s1. The van der Waals surface area contributed by atoms with Crippen LogP contribution in [-0.4, -0.2) is 44.1 Å². The Kier molecular flexibility index (Phi) is 7.71. The lowest BCUT2D eigenvalue weighted by Gasteiger charge is -2.31. The quantitative estimate of drug-likeness (QED) is 0.338. The summed E-state index contributed by atoms with van der Waals surface area (Å²) in [5, 5.41) is 9.62. The number of fused-ring (bicyclic) bond motifs is 1. The molecular formula is C24H22F6N6O2. The smallest absolute Gasteiger partial charge is 0.368 e. The Bertz CT molecular complexity index is 1330. The summed E-state index contributed by atoms with van der Waals surface area (Å²) in [6.45, 7) is -0.546. The zero-order chi connectivity index (χ0) is 27.6. The van der Waals surface area contributed by atoms with Crippen molar-refractivity contribution in [2.24, 2.45) is 5.73 Å². The highest BCUT2D eigenvalue weighted by Gasteiger charge is 2.40. The van der Waals surface area contributed by atoms with Crippen molar-refractivity contribution >= 4 is 11.8 Å². The van der Waals surface area contributed by atoms with Gasteiger partial charge in [-0.25, -0.2) is 13.2 Å². The van der Waals surface area contributed by atoms with Crippen molar-refractivity contribution in [2.75, 3.05) is 6.54 Å². The molecule has 0 radical (unpaired) electrons. The molecule has 2 heterocycles. The molecule has 3 aromatic rings. The van der Waals surface area contributed by atoms with Gasteiger partial charge in [-0.2, -0.15) is 13.2 Å². The fraction of sp³-hybridized carbons (Fsp3) is 0.333. The van der Waals surface area contributed by atoms with E-state index in [-0.39, 0.29) is 43.9 Å². The second kappa shape index (κ2) is 10.8. The maximum absolute atomic E-state index is 14.4. The van der Waals surface area contributed by atoms with E-state index in [1.165, 1.54) is 4.90 Å². The monoisotopic (exact) mass is 540 g/mol. The van der Waals surface area contributed by atoms with E-state index in [0.29, 0.717) is 17.7 Å². The molecular weight excluding hydrogens is 518 g/mol. The summed E-state index contributed by atoms with van der Waals surface area (Å²) in [5.74, 6) is -6.31. The van der Waals surface area contributed by atoms with Gasteiger partial charge in [-0.05, 0) is 23.6 Å². The largest absolute Gasteiger partial charge is 0.451 e. The summed E-state index contributed by atoms with van der Waals surface area (Å²) in [6.07, 6.45) is -5.40.